The molecule has 1 heterocycles. The second-order valence-electron chi connectivity index (χ2n) is 5.07. The maximum Gasteiger partial charge on any atom is 0.225 e. The van der Waals surface area contributed by atoms with Gasteiger partial charge < -0.3 is 15.7 Å². The summed E-state index contributed by atoms with van der Waals surface area (Å²) >= 11 is 6.61. The number of nitrogens with zero attached hydrogens (tertiary/aromatic N) is 1. The number of fused-ring (bicyclic) bond motifs is 1. The Kier molecular flexibility index (Phi) is 4.73. The molecule has 7 heteroatoms. The molecule has 0 fully saturated rings. The van der Waals surface area contributed by atoms with Gasteiger partial charge in [-0.2, -0.15) is 0 Å². The van der Waals surface area contributed by atoms with Gasteiger partial charge in [0.1, 0.15) is 10.8 Å². The highest BCUT2D eigenvalue weighted by Crippen LogP contribution is 2.36. The van der Waals surface area contributed by atoms with Gasteiger partial charge in [0, 0.05) is 12.1 Å². The van der Waals surface area contributed by atoms with Gasteiger partial charge in [0.15, 0.2) is 5.11 Å². The van der Waals surface area contributed by atoms with Crippen molar-refractivity contribution in [1.29, 1.82) is 0 Å². The summed E-state index contributed by atoms with van der Waals surface area (Å²) in [5, 5.41) is 16.6. The minimum atomic E-state index is -0.155. The molecular formula is C17H15N3O2S2. The third kappa shape index (κ3) is 3.52. The number of benzene rings is 2. The van der Waals surface area contributed by atoms with E-state index in [4.69, 9.17) is 12.2 Å². The summed E-state index contributed by atoms with van der Waals surface area (Å²) in [5.41, 5.74) is 2.18. The fourth-order valence-electron chi connectivity index (χ4n) is 2.15. The maximum absolute atomic E-state index is 11.4. The number of phenols is 1. The first-order chi connectivity index (χ1) is 11.6. The third-order valence-electron chi connectivity index (χ3n) is 3.35. The molecule has 0 aliphatic carbocycles. The first-order valence-electron chi connectivity index (χ1n) is 7.36. The zero-order valence-corrected chi connectivity index (χ0v) is 14.5. The highest BCUT2D eigenvalue weighted by Gasteiger charge is 2.12. The molecule has 3 N–H and O–H groups in total. The molecule has 0 saturated heterocycles. The summed E-state index contributed by atoms with van der Waals surface area (Å²) in [7, 11) is 0. The predicted molar refractivity (Wildman–Crippen MR) is 101 cm³/mol. The average molecular weight is 357 g/mol. The molecule has 0 atom stereocenters. The number of rotatable bonds is 3. The Bertz CT molecular complexity index is 888. The normalized spacial score (nSPS) is 10.5. The van der Waals surface area contributed by atoms with E-state index in [-0.39, 0.29) is 16.8 Å². The van der Waals surface area contributed by atoms with Gasteiger partial charge in [-0.3, -0.25) is 4.79 Å². The number of hydrogen-bond donors (Lipinski definition) is 3. The molecule has 3 aromatic rings. The van der Waals surface area contributed by atoms with Gasteiger partial charge in [0.05, 0.1) is 15.8 Å². The lowest BCUT2D eigenvalue weighted by molar-refractivity contribution is -0.119. The van der Waals surface area contributed by atoms with Crippen LogP contribution in [-0.4, -0.2) is 21.1 Å². The summed E-state index contributed by atoms with van der Waals surface area (Å²) in [6.45, 7) is 1.75. The van der Waals surface area contributed by atoms with Gasteiger partial charge in [0.25, 0.3) is 0 Å². The monoisotopic (exact) mass is 357 g/mol. The number of carbonyl (C=O) groups is 1. The molecule has 2 aromatic carbocycles. The molecule has 24 heavy (non-hydrogen) atoms. The quantitative estimate of drug-likeness (QED) is 0.490. The van der Waals surface area contributed by atoms with Crippen LogP contribution in [0.1, 0.15) is 13.3 Å². The molecular weight excluding hydrogens is 342 g/mol. The average Bonchev–Trinajstić information content (AvgIpc) is 3.00. The van der Waals surface area contributed by atoms with Crippen LogP contribution in [0.4, 0.5) is 5.69 Å². The van der Waals surface area contributed by atoms with Gasteiger partial charge in [0.2, 0.25) is 5.91 Å². The molecule has 0 aliphatic rings. The van der Waals surface area contributed by atoms with Gasteiger partial charge in [-0.1, -0.05) is 19.1 Å². The van der Waals surface area contributed by atoms with E-state index in [0.29, 0.717) is 17.7 Å². The fraction of sp³-hybridized carbons (Fsp3) is 0.118. The molecule has 0 unspecified atom stereocenters. The summed E-state index contributed by atoms with van der Waals surface area (Å²) in [4.78, 5) is 15.9. The topological polar surface area (TPSA) is 74.2 Å². The van der Waals surface area contributed by atoms with E-state index < -0.39 is 0 Å². The van der Waals surface area contributed by atoms with Crippen molar-refractivity contribution in [3.05, 3.63) is 42.5 Å². The number of phenolic OH excluding ortho intramolecular Hbond substituents is 1. The van der Waals surface area contributed by atoms with Crippen molar-refractivity contribution in [3.8, 4) is 16.3 Å². The van der Waals surface area contributed by atoms with Crippen LogP contribution in [0.2, 0.25) is 0 Å². The number of aromatic nitrogens is 1. The second-order valence-corrected chi connectivity index (χ2v) is 6.51. The van der Waals surface area contributed by atoms with E-state index in [9.17, 15) is 9.90 Å². The number of para-hydroxylation sites is 1. The van der Waals surface area contributed by atoms with Crippen molar-refractivity contribution in [2.24, 2.45) is 0 Å². The molecule has 0 aliphatic heterocycles. The van der Waals surface area contributed by atoms with E-state index >= 15 is 0 Å². The van der Waals surface area contributed by atoms with Gasteiger partial charge in [-0.25, -0.2) is 4.98 Å². The van der Waals surface area contributed by atoms with Crippen molar-refractivity contribution in [3.63, 3.8) is 0 Å². The van der Waals surface area contributed by atoms with Gasteiger partial charge in [-0.15, -0.1) is 11.3 Å². The predicted octanol–water partition coefficient (Wildman–Crippen LogP) is 3.89. The van der Waals surface area contributed by atoms with Crippen molar-refractivity contribution >= 4 is 50.5 Å². The molecule has 0 bridgehead atoms. The smallest absolute Gasteiger partial charge is 0.225 e. The Labute approximate surface area is 148 Å². The number of nitrogens with one attached hydrogen (secondary N) is 2. The first-order valence-corrected chi connectivity index (χ1v) is 8.59. The van der Waals surface area contributed by atoms with E-state index in [0.717, 1.165) is 15.2 Å². The number of hydrogen-bond acceptors (Lipinski definition) is 5. The lowest BCUT2D eigenvalue weighted by atomic mass is 10.2. The summed E-state index contributed by atoms with van der Waals surface area (Å²) in [5.74, 6) is -0.0132. The lowest BCUT2D eigenvalue weighted by Gasteiger charge is -2.10. The second kappa shape index (κ2) is 6.94. The van der Waals surface area contributed by atoms with E-state index in [1.165, 1.54) is 11.3 Å². The number of carbonyl (C=O) groups excluding carboxylic acids is 1. The van der Waals surface area contributed by atoms with Crippen LogP contribution in [0, 0.1) is 0 Å². The SMILES string of the molecule is CCC(=O)NC(=S)Nc1ccc(O)c(-c2nc3ccccc3s2)c1. The summed E-state index contributed by atoms with van der Waals surface area (Å²) in [6.07, 6.45) is 0.356. The standard InChI is InChI=1S/C17H15N3O2S2/c1-2-15(22)20-17(23)18-10-7-8-13(21)11(9-10)16-19-12-5-3-4-6-14(12)24-16/h3-9,21H,2H2,1H3,(H2,18,20,22,23). The molecule has 3 rings (SSSR count). The number of thiazole rings is 1. The van der Waals surface area contributed by atoms with E-state index in [1.807, 2.05) is 24.3 Å². The molecule has 122 valence electrons. The summed E-state index contributed by atoms with van der Waals surface area (Å²) in [6, 6.07) is 12.8. The first kappa shape index (κ1) is 16.4. The van der Waals surface area contributed by atoms with Crippen molar-refractivity contribution in [2.75, 3.05) is 5.32 Å². The van der Waals surface area contributed by atoms with Gasteiger partial charge in [-0.05, 0) is 42.5 Å². The number of aromatic hydroxyl groups is 1. The van der Waals surface area contributed by atoms with Gasteiger partial charge >= 0.3 is 0 Å². The molecule has 1 amide bonds. The highest BCUT2D eigenvalue weighted by molar-refractivity contribution is 7.80. The minimum absolute atomic E-state index is 0.142. The Morgan fingerprint density at radius 2 is 2.08 bits per heavy atom. The van der Waals surface area contributed by atoms with E-state index in [1.54, 1.807) is 25.1 Å². The lowest BCUT2D eigenvalue weighted by Crippen LogP contribution is -2.33. The fourth-order valence-corrected chi connectivity index (χ4v) is 3.37. The highest BCUT2D eigenvalue weighted by atomic mass is 32.1. The van der Waals surface area contributed by atoms with Crippen LogP contribution in [0.3, 0.4) is 0 Å². The number of anilines is 1. The Hall–Kier alpha value is -2.51. The largest absolute Gasteiger partial charge is 0.507 e. The van der Waals surface area contributed by atoms with Crippen LogP contribution in [0.15, 0.2) is 42.5 Å². The molecule has 5 nitrogen and oxygen atoms in total. The number of amides is 1. The van der Waals surface area contributed by atoms with Crippen LogP contribution < -0.4 is 10.6 Å². The summed E-state index contributed by atoms with van der Waals surface area (Å²) < 4.78 is 1.05. The van der Waals surface area contributed by atoms with Crippen molar-refractivity contribution in [2.45, 2.75) is 13.3 Å². The van der Waals surface area contributed by atoms with Crippen LogP contribution in [0.5, 0.6) is 5.75 Å². The van der Waals surface area contributed by atoms with E-state index in [2.05, 4.69) is 15.6 Å². The minimum Gasteiger partial charge on any atom is -0.507 e. The van der Waals surface area contributed by atoms with Crippen LogP contribution in [0.25, 0.3) is 20.8 Å². The molecule has 0 saturated carbocycles. The van der Waals surface area contributed by atoms with Crippen molar-refractivity contribution in [1.82, 2.24) is 10.3 Å². The Morgan fingerprint density at radius 1 is 1.29 bits per heavy atom. The Morgan fingerprint density at radius 3 is 2.83 bits per heavy atom. The maximum atomic E-state index is 11.4. The number of thiocarbonyl (C=S) groups is 1. The third-order valence-corrected chi connectivity index (χ3v) is 4.63. The van der Waals surface area contributed by atoms with Crippen LogP contribution >= 0.6 is 23.6 Å². The van der Waals surface area contributed by atoms with Crippen LogP contribution in [-0.2, 0) is 4.79 Å². The zero-order chi connectivity index (χ0) is 17.1. The van der Waals surface area contributed by atoms with Crippen molar-refractivity contribution < 1.29 is 9.90 Å². The molecule has 0 radical (unpaired) electrons. The Balaban J connectivity index is 1.88. The zero-order valence-electron chi connectivity index (χ0n) is 12.9. The molecule has 0 spiro atoms. The molecule has 1 aromatic heterocycles.